The molecule has 1 aliphatic heterocycles. The second kappa shape index (κ2) is 11.4. The summed E-state index contributed by atoms with van der Waals surface area (Å²) in [5.41, 5.74) is 2.16. The number of anilines is 1. The molecule has 1 heterocycles. The van der Waals surface area contributed by atoms with Crippen molar-refractivity contribution in [2.75, 3.05) is 32.9 Å². The minimum absolute atomic E-state index is 0. The van der Waals surface area contributed by atoms with Gasteiger partial charge in [-0.2, -0.15) is 0 Å². The molecule has 4 rings (SSSR count). The van der Waals surface area contributed by atoms with Crippen LogP contribution in [0.25, 0.3) is 5.57 Å². The Morgan fingerprint density at radius 3 is 2.37 bits per heavy atom. The molecule has 0 aromatic heterocycles. The quantitative estimate of drug-likeness (QED) is 0.257. The second-order valence-electron chi connectivity index (χ2n) is 7.98. The van der Waals surface area contributed by atoms with E-state index in [1.807, 2.05) is 43.3 Å². The third-order valence-corrected chi connectivity index (χ3v) is 5.61. The SMILES string of the molecule is COc1ccc(C(=O)/C(Cc2cccc(N(C)C)c2)=C(\C(=O)[O-])c2cccc3c2OCO3)cc1.[Na+]. The van der Waals surface area contributed by atoms with Gasteiger partial charge in [-0.05, 0) is 48.0 Å². The van der Waals surface area contributed by atoms with Crippen LogP contribution in [0.15, 0.2) is 72.3 Å². The van der Waals surface area contributed by atoms with Gasteiger partial charge in [0.1, 0.15) is 5.75 Å². The first-order valence-electron chi connectivity index (χ1n) is 10.7. The van der Waals surface area contributed by atoms with Crippen molar-refractivity contribution in [3.8, 4) is 17.2 Å². The van der Waals surface area contributed by atoms with Crippen LogP contribution >= 0.6 is 0 Å². The summed E-state index contributed by atoms with van der Waals surface area (Å²) in [4.78, 5) is 28.1. The van der Waals surface area contributed by atoms with Crippen molar-refractivity contribution in [2.45, 2.75) is 6.42 Å². The molecule has 174 valence electrons. The third kappa shape index (κ3) is 5.70. The molecule has 35 heavy (non-hydrogen) atoms. The van der Waals surface area contributed by atoms with Gasteiger partial charge in [-0.25, -0.2) is 0 Å². The van der Waals surface area contributed by atoms with E-state index in [2.05, 4.69) is 0 Å². The van der Waals surface area contributed by atoms with Gasteiger partial charge in [-0.1, -0.05) is 24.3 Å². The van der Waals surface area contributed by atoms with Crippen LogP contribution in [0.1, 0.15) is 21.5 Å². The first kappa shape index (κ1) is 26.3. The van der Waals surface area contributed by atoms with E-state index in [0.29, 0.717) is 17.1 Å². The molecule has 0 N–H and O–H groups in total. The monoisotopic (exact) mass is 481 g/mol. The maximum Gasteiger partial charge on any atom is 1.00 e. The smallest absolute Gasteiger partial charge is 0.545 e. The number of carboxylic acid groups (broad SMARTS) is 1. The van der Waals surface area contributed by atoms with E-state index >= 15 is 0 Å². The van der Waals surface area contributed by atoms with E-state index in [9.17, 15) is 14.7 Å². The second-order valence-corrected chi connectivity index (χ2v) is 7.98. The molecule has 0 atom stereocenters. The summed E-state index contributed by atoms with van der Waals surface area (Å²) in [7, 11) is 5.36. The normalized spacial score (nSPS) is 12.3. The van der Waals surface area contributed by atoms with Crippen LogP contribution < -0.4 is 53.8 Å². The maximum absolute atomic E-state index is 13.7. The Bertz CT molecular complexity index is 1270. The predicted octanol–water partition coefficient (Wildman–Crippen LogP) is 0.123. The number of aliphatic carboxylic acids is 1. The molecule has 0 aliphatic carbocycles. The first-order valence-corrected chi connectivity index (χ1v) is 10.7. The van der Waals surface area contributed by atoms with Gasteiger partial charge in [0.15, 0.2) is 17.3 Å². The minimum Gasteiger partial charge on any atom is -0.545 e. The Balaban J connectivity index is 0.00000342. The number of ether oxygens (including phenoxy) is 3. The van der Waals surface area contributed by atoms with Gasteiger partial charge < -0.3 is 29.0 Å². The number of Topliss-reactive ketones (excluding diaryl/α,β-unsaturated/α-hetero) is 1. The number of para-hydroxylation sites is 1. The number of nitrogens with zero attached hydrogens (tertiary/aromatic N) is 1. The van der Waals surface area contributed by atoms with Crippen LogP contribution in [0.5, 0.6) is 17.2 Å². The fraction of sp³-hybridized carbons (Fsp3) is 0.185. The Kier molecular flexibility index (Phi) is 8.62. The van der Waals surface area contributed by atoms with Crippen LogP contribution in [-0.2, 0) is 11.2 Å². The molecule has 7 nitrogen and oxygen atoms in total. The van der Waals surface area contributed by atoms with Gasteiger partial charge in [0.2, 0.25) is 6.79 Å². The fourth-order valence-electron chi connectivity index (χ4n) is 3.87. The molecule has 3 aromatic carbocycles. The van der Waals surface area contributed by atoms with E-state index < -0.39 is 11.8 Å². The fourth-order valence-corrected chi connectivity index (χ4v) is 3.87. The predicted molar refractivity (Wildman–Crippen MR) is 126 cm³/mol. The first-order chi connectivity index (χ1) is 16.4. The average molecular weight is 481 g/mol. The van der Waals surface area contributed by atoms with Gasteiger partial charge in [-0.15, -0.1) is 0 Å². The molecular weight excluding hydrogens is 457 g/mol. The summed E-state index contributed by atoms with van der Waals surface area (Å²) in [6.45, 7) is -0.0285. The number of carboxylic acids is 1. The maximum atomic E-state index is 13.7. The standard InChI is InChI=1S/C27H25NO6.Na/c1-28(2)19-7-4-6-17(14-19)15-22(25(29)18-10-12-20(32-3)13-11-18)24(27(30)31)21-8-5-9-23-26(21)34-16-33-23;/h4-14H,15-16H2,1-3H3,(H,30,31);/q;+1/p-1/b24-22-;. The minimum atomic E-state index is -1.47. The van der Waals surface area contributed by atoms with Gasteiger partial charge >= 0.3 is 29.6 Å². The number of carbonyl (C=O) groups is 2. The van der Waals surface area contributed by atoms with E-state index in [-0.39, 0.29) is 65.2 Å². The largest absolute Gasteiger partial charge is 1.00 e. The average Bonchev–Trinajstić information content (AvgIpc) is 3.33. The topological polar surface area (TPSA) is 88.1 Å². The van der Waals surface area contributed by atoms with Crippen LogP contribution in [0.3, 0.4) is 0 Å². The van der Waals surface area contributed by atoms with Crippen molar-refractivity contribution in [3.05, 3.63) is 89.0 Å². The Labute approximate surface area is 226 Å². The zero-order valence-electron chi connectivity index (χ0n) is 20.2. The number of hydrogen-bond acceptors (Lipinski definition) is 7. The molecular formula is C27H24NNaO6. The summed E-state index contributed by atoms with van der Waals surface area (Å²) in [5.74, 6) is -0.601. The molecule has 0 spiro atoms. The van der Waals surface area contributed by atoms with E-state index in [1.54, 1.807) is 42.5 Å². The van der Waals surface area contributed by atoms with Gasteiger partial charge in [0, 0.05) is 48.5 Å². The summed E-state index contributed by atoms with van der Waals surface area (Å²) in [6, 6.07) is 19.1. The number of carbonyl (C=O) groups excluding carboxylic acids is 2. The van der Waals surface area contributed by atoms with Crippen molar-refractivity contribution in [3.63, 3.8) is 0 Å². The van der Waals surface area contributed by atoms with Gasteiger partial charge in [0.05, 0.1) is 13.1 Å². The van der Waals surface area contributed by atoms with Gasteiger partial charge in [0.25, 0.3) is 0 Å². The number of allylic oxidation sites excluding steroid dienone is 1. The molecule has 0 amide bonds. The van der Waals surface area contributed by atoms with Crippen molar-refractivity contribution in [1.29, 1.82) is 0 Å². The van der Waals surface area contributed by atoms with Gasteiger partial charge in [-0.3, -0.25) is 4.79 Å². The van der Waals surface area contributed by atoms with E-state index in [4.69, 9.17) is 14.2 Å². The molecule has 1 aliphatic rings. The third-order valence-electron chi connectivity index (χ3n) is 5.61. The van der Waals surface area contributed by atoms with Crippen molar-refractivity contribution in [2.24, 2.45) is 0 Å². The van der Waals surface area contributed by atoms with Crippen LogP contribution in [0.2, 0.25) is 0 Å². The number of benzene rings is 3. The molecule has 0 unspecified atom stereocenters. The van der Waals surface area contributed by atoms with E-state index in [0.717, 1.165) is 11.3 Å². The van der Waals surface area contributed by atoms with Crippen molar-refractivity contribution in [1.82, 2.24) is 0 Å². The zero-order chi connectivity index (χ0) is 24.2. The van der Waals surface area contributed by atoms with Crippen LogP contribution in [0, 0.1) is 0 Å². The molecule has 0 bridgehead atoms. The van der Waals surface area contributed by atoms with E-state index in [1.165, 1.54) is 7.11 Å². The summed E-state index contributed by atoms with van der Waals surface area (Å²) < 4.78 is 16.1. The molecule has 0 fully saturated rings. The Morgan fingerprint density at radius 1 is 1.00 bits per heavy atom. The number of rotatable bonds is 8. The summed E-state index contributed by atoms with van der Waals surface area (Å²) in [5, 5.41) is 12.5. The Morgan fingerprint density at radius 2 is 1.71 bits per heavy atom. The van der Waals surface area contributed by atoms with Crippen molar-refractivity contribution >= 4 is 23.0 Å². The zero-order valence-corrected chi connectivity index (χ0v) is 22.2. The molecule has 8 heteroatoms. The van der Waals surface area contributed by atoms with Crippen molar-refractivity contribution < 1.29 is 58.5 Å². The number of hydrogen-bond donors (Lipinski definition) is 0. The summed E-state index contributed by atoms with van der Waals surface area (Å²) in [6.07, 6.45) is 0.0837. The molecule has 0 radical (unpaired) electrons. The Hall–Kier alpha value is -3.26. The summed E-state index contributed by atoms with van der Waals surface area (Å²) >= 11 is 0. The van der Waals surface area contributed by atoms with Crippen LogP contribution in [0.4, 0.5) is 5.69 Å². The molecule has 3 aromatic rings. The van der Waals surface area contributed by atoms with Crippen LogP contribution in [-0.4, -0.2) is 39.8 Å². The number of ketones is 1. The molecule has 0 saturated carbocycles. The number of methoxy groups -OCH3 is 1. The number of fused-ring (bicyclic) bond motifs is 1. The molecule has 0 saturated heterocycles.